The van der Waals surface area contributed by atoms with Gasteiger partial charge < -0.3 is 10.2 Å². The fourth-order valence-corrected chi connectivity index (χ4v) is 3.31. The van der Waals surface area contributed by atoms with Crippen LogP contribution in [0, 0.1) is 0 Å². The maximum atomic E-state index is 12.0. The van der Waals surface area contributed by atoms with E-state index in [1.807, 2.05) is 24.9 Å². The van der Waals surface area contributed by atoms with Crippen molar-refractivity contribution in [1.82, 2.24) is 15.1 Å². The van der Waals surface area contributed by atoms with Crippen molar-refractivity contribution in [3.05, 3.63) is 21.3 Å². The Balaban J connectivity index is 1.81. The second-order valence-corrected chi connectivity index (χ2v) is 6.62. The van der Waals surface area contributed by atoms with Gasteiger partial charge in [0.15, 0.2) is 0 Å². The highest BCUT2D eigenvalue weighted by molar-refractivity contribution is 7.16. The molecule has 1 amide bonds. The molecule has 1 aliphatic heterocycles. The average molecular weight is 302 g/mol. The van der Waals surface area contributed by atoms with Crippen LogP contribution >= 0.6 is 22.9 Å². The minimum absolute atomic E-state index is 0.0948. The van der Waals surface area contributed by atoms with Crippen LogP contribution in [0.3, 0.4) is 0 Å². The lowest BCUT2D eigenvalue weighted by Gasteiger charge is -2.35. The van der Waals surface area contributed by atoms with E-state index in [-0.39, 0.29) is 11.9 Å². The van der Waals surface area contributed by atoms with Crippen LogP contribution in [0.4, 0.5) is 0 Å². The third-order valence-electron chi connectivity index (χ3n) is 3.50. The second-order valence-electron chi connectivity index (χ2n) is 4.82. The lowest BCUT2D eigenvalue weighted by atomic mass is 10.2. The molecule has 0 radical (unpaired) electrons. The summed E-state index contributed by atoms with van der Waals surface area (Å²) in [5.41, 5.74) is 0. The van der Waals surface area contributed by atoms with Crippen LogP contribution in [-0.4, -0.2) is 55.0 Å². The Hall–Kier alpha value is -0.620. The molecule has 0 bridgehead atoms. The van der Waals surface area contributed by atoms with Crippen LogP contribution in [-0.2, 0) is 11.3 Å². The predicted octanol–water partition coefficient (Wildman–Crippen LogP) is 1.65. The van der Waals surface area contributed by atoms with Crippen LogP contribution in [0.1, 0.15) is 11.8 Å². The minimum Gasteiger partial charge on any atom is -0.339 e. The van der Waals surface area contributed by atoms with Crippen LogP contribution in [0.5, 0.6) is 0 Å². The van der Waals surface area contributed by atoms with E-state index in [2.05, 4.69) is 16.3 Å². The first kappa shape index (κ1) is 14.8. The zero-order valence-corrected chi connectivity index (χ0v) is 12.9. The zero-order valence-electron chi connectivity index (χ0n) is 11.4. The topological polar surface area (TPSA) is 35.6 Å². The van der Waals surface area contributed by atoms with Crippen molar-refractivity contribution in [3.63, 3.8) is 0 Å². The molecule has 1 unspecified atom stereocenters. The van der Waals surface area contributed by atoms with Gasteiger partial charge in [-0.2, -0.15) is 0 Å². The Morgan fingerprint density at radius 2 is 2.11 bits per heavy atom. The highest BCUT2D eigenvalue weighted by atomic mass is 35.5. The summed E-state index contributed by atoms with van der Waals surface area (Å²) in [6.45, 7) is 6.31. The summed E-state index contributed by atoms with van der Waals surface area (Å²) in [6, 6.07) is 3.92. The average Bonchev–Trinajstić information content (AvgIpc) is 2.83. The van der Waals surface area contributed by atoms with Crippen LogP contribution in [0.2, 0.25) is 4.34 Å². The van der Waals surface area contributed by atoms with Gasteiger partial charge in [-0.05, 0) is 26.1 Å². The molecule has 6 heteroatoms. The molecule has 106 valence electrons. The third kappa shape index (κ3) is 3.92. The number of thiophene rings is 1. The summed E-state index contributed by atoms with van der Waals surface area (Å²) >= 11 is 7.56. The molecule has 4 nitrogen and oxygen atoms in total. The maximum absolute atomic E-state index is 12.0. The Morgan fingerprint density at radius 1 is 1.42 bits per heavy atom. The first-order valence-corrected chi connectivity index (χ1v) is 7.72. The number of halogens is 1. The van der Waals surface area contributed by atoms with Gasteiger partial charge in [0.25, 0.3) is 0 Å². The molecule has 1 aromatic rings. The summed E-state index contributed by atoms with van der Waals surface area (Å²) in [5.74, 6) is 0.196. The SMILES string of the molecule is CNC(C)C(=O)N1CCN(Cc2ccc(Cl)s2)CC1. The molecule has 0 aliphatic carbocycles. The van der Waals surface area contributed by atoms with Gasteiger partial charge in [0.05, 0.1) is 10.4 Å². The molecule has 1 atom stereocenters. The fraction of sp³-hybridized carbons (Fsp3) is 0.615. The molecular formula is C13H20ClN3OS. The quantitative estimate of drug-likeness (QED) is 0.918. The molecule has 2 heterocycles. The van der Waals surface area contributed by atoms with Gasteiger partial charge in [0, 0.05) is 37.6 Å². The summed E-state index contributed by atoms with van der Waals surface area (Å²) in [6.07, 6.45) is 0. The molecule has 1 fully saturated rings. The Kier molecular flexibility index (Phi) is 5.21. The standard InChI is InChI=1S/C13H20ClN3OS/c1-10(15-2)13(18)17-7-5-16(6-8-17)9-11-3-4-12(14)19-11/h3-4,10,15H,5-9H2,1-2H3. The monoisotopic (exact) mass is 301 g/mol. The van der Waals surface area contributed by atoms with Crippen molar-refractivity contribution >= 4 is 28.8 Å². The van der Waals surface area contributed by atoms with Gasteiger partial charge in [0.2, 0.25) is 5.91 Å². The Labute approximate surface area is 123 Å². The normalized spacial score (nSPS) is 18.6. The van der Waals surface area contributed by atoms with E-state index in [9.17, 15) is 4.79 Å². The van der Waals surface area contributed by atoms with E-state index < -0.39 is 0 Å². The van der Waals surface area contributed by atoms with Crippen molar-refractivity contribution in [2.24, 2.45) is 0 Å². The molecule has 1 N–H and O–H groups in total. The Morgan fingerprint density at radius 3 is 2.63 bits per heavy atom. The number of piperazine rings is 1. The van der Waals surface area contributed by atoms with E-state index in [4.69, 9.17) is 11.6 Å². The minimum atomic E-state index is -0.0948. The lowest BCUT2D eigenvalue weighted by Crippen LogP contribution is -2.52. The van der Waals surface area contributed by atoms with E-state index >= 15 is 0 Å². The first-order valence-electron chi connectivity index (χ1n) is 6.53. The number of rotatable bonds is 4. The molecule has 2 rings (SSSR count). The fourth-order valence-electron chi connectivity index (χ4n) is 2.18. The van der Waals surface area contributed by atoms with Gasteiger partial charge >= 0.3 is 0 Å². The molecular weight excluding hydrogens is 282 g/mol. The molecule has 1 aliphatic rings. The van der Waals surface area contributed by atoms with E-state index in [1.54, 1.807) is 11.3 Å². The number of carbonyl (C=O) groups excluding carboxylic acids is 1. The molecule has 1 saturated heterocycles. The lowest BCUT2D eigenvalue weighted by molar-refractivity contribution is -0.134. The smallest absolute Gasteiger partial charge is 0.239 e. The van der Waals surface area contributed by atoms with E-state index in [1.165, 1.54) is 4.88 Å². The summed E-state index contributed by atoms with van der Waals surface area (Å²) in [7, 11) is 1.82. The highest BCUT2D eigenvalue weighted by Gasteiger charge is 2.24. The molecule has 0 aromatic carbocycles. The number of hydrogen-bond donors (Lipinski definition) is 1. The van der Waals surface area contributed by atoms with Crippen LogP contribution in [0.15, 0.2) is 12.1 Å². The van der Waals surface area contributed by atoms with Gasteiger partial charge in [-0.1, -0.05) is 11.6 Å². The number of amides is 1. The van der Waals surface area contributed by atoms with E-state index in [0.717, 1.165) is 37.1 Å². The summed E-state index contributed by atoms with van der Waals surface area (Å²) in [5, 5.41) is 3.00. The number of nitrogens with one attached hydrogen (secondary N) is 1. The van der Waals surface area contributed by atoms with Crippen LogP contribution in [0.25, 0.3) is 0 Å². The van der Waals surface area contributed by atoms with Crippen molar-refractivity contribution in [2.45, 2.75) is 19.5 Å². The first-order chi connectivity index (χ1) is 9.10. The van der Waals surface area contributed by atoms with E-state index in [0.29, 0.717) is 0 Å². The van der Waals surface area contributed by atoms with Crippen molar-refractivity contribution < 1.29 is 4.79 Å². The van der Waals surface area contributed by atoms with Crippen LogP contribution < -0.4 is 5.32 Å². The van der Waals surface area contributed by atoms with Gasteiger partial charge in [0.1, 0.15) is 0 Å². The molecule has 1 aromatic heterocycles. The van der Waals surface area contributed by atoms with Crippen molar-refractivity contribution in [1.29, 1.82) is 0 Å². The Bertz CT molecular complexity index is 429. The van der Waals surface area contributed by atoms with Gasteiger partial charge in [-0.25, -0.2) is 0 Å². The summed E-state index contributed by atoms with van der Waals surface area (Å²) in [4.78, 5) is 17.6. The van der Waals surface area contributed by atoms with Crippen molar-refractivity contribution in [2.75, 3.05) is 33.2 Å². The number of hydrogen-bond acceptors (Lipinski definition) is 4. The number of carbonyl (C=O) groups is 1. The number of likely N-dealkylation sites (N-methyl/N-ethyl adjacent to an activating group) is 1. The largest absolute Gasteiger partial charge is 0.339 e. The zero-order chi connectivity index (χ0) is 13.8. The third-order valence-corrected chi connectivity index (χ3v) is 4.71. The summed E-state index contributed by atoms with van der Waals surface area (Å²) < 4.78 is 0.839. The molecule has 0 spiro atoms. The van der Waals surface area contributed by atoms with Gasteiger partial charge in [-0.3, -0.25) is 9.69 Å². The van der Waals surface area contributed by atoms with Crippen molar-refractivity contribution in [3.8, 4) is 0 Å². The molecule has 19 heavy (non-hydrogen) atoms. The highest BCUT2D eigenvalue weighted by Crippen LogP contribution is 2.23. The number of nitrogens with zero attached hydrogens (tertiary/aromatic N) is 2. The predicted molar refractivity (Wildman–Crippen MR) is 79.7 cm³/mol. The second kappa shape index (κ2) is 6.70. The van der Waals surface area contributed by atoms with Gasteiger partial charge in [-0.15, -0.1) is 11.3 Å². The maximum Gasteiger partial charge on any atom is 0.239 e. The molecule has 0 saturated carbocycles.